The Morgan fingerprint density at radius 3 is 2.85 bits per heavy atom. The van der Waals surface area contributed by atoms with Crippen LogP contribution in [0.1, 0.15) is 36.0 Å². The van der Waals surface area contributed by atoms with E-state index < -0.39 is 4.83 Å². The van der Waals surface area contributed by atoms with E-state index in [0.717, 1.165) is 42.4 Å². The van der Waals surface area contributed by atoms with Crippen LogP contribution in [0.5, 0.6) is 0 Å². The van der Waals surface area contributed by atoms with Gasteiger partial charge in [0.05, 0.1) is 24.5 Å². The van der Waals surface area contributed by atoms with E-state index in [1.54, 1.807) is 6.20 Å². The monoisotopic (exact) mass is 441 g/mol. The molecule has 9 heteroatoms. The Labute approximate surface area is 164 Å². The Balaban J connectivity index is 1.45. The maximum Gasteiger partial charge on any atom is 0.313 e. The van der Waals surface area contributed by atoms with Crippen molar-refractivity contribution in [3.8, 4) is 0 Å². The molecule has 1 saturated carbocycles. The van der Waals surface area contributed by atoms with Gasteiger partial charge in [0.1, 0.15) is 5.65 Å². The Hall–Kier alpha value is -1.74. The van der Waals surface area contributed by atoms with Crippen LogP contribution in [0.3, 0.4) is 0 Å². The number of nitrogens with one attached hydrogen (secondary N) is 3. The summed E-state index contributed by atoms with van der Waals surface area (Å²) in [5.41, 5.74) is 2.34. The first-order chi connectivity index (χ1) is 12.9. The van der Waals surface area contributed by atoms with Crippen molar-refractivity contribution < 1.29 is 13.6 Å². The van der Waals surface area contributed by atoms with Crippen LogP contribution in [-0.2, 0) is 0 Å². The van der Waals surface area contributed by atoms with Gasteiger partial charge in [0.15, 0.2) is 0 Å². The van der Waals surface area contributed by atoms with Gasteiger partial charge in [-0.15, -0.1) is 0 Å². The maximum atomic E-state index is 12.9. The number of anilines is 1. The highest BCUT2D eigenvalue weighted by Crippen LogP contribution is 2.37. The summed E-state index contributed by atoms with van der Waals surface area (Å²) in [6, 6.07) is 2.28. The molecule has 0 spiro atoms. The first kappa shape index (κ1) is 18.6. The van der Waals surface area contributed by atoms with E-state index in [1.165, 1.54) is 0 Å². The molecule has 0 aromatic carbocycles. The molecule has 0 unspecified atom stereocenters. The van der Waals surface area contributed by atoms with Crippen LogP contribution >= 0.6 is 15.9 Å². The number of hydrogen-bond acceptors (Lipinski definition) is 4. The lowest BCUT2D eigenvalue weighted by atomic mass is 9.84. The zero-order valence-corrected chi connectivity index (χ0v) is 16.4. The molecule has 0 radical (unpaired) electrons. The van der Waals surface area contributed by atoms with Crippen LogP contribution in [0.2, 0.25) is 0 Å². The van der Waals surface area contributed by atoms with Gasteiger partial charge in [-0.3, -0.25) is 4.79 Å². The van der Waals surface area contributed by atoms with Crippen molar-refractivity contribution in [2.24, 2.45) is 5.92 Å². The summed E-state index contributed by atoms with van der Waals surface area (Å²) in [6.07, 6.45) is 7.37. The second kappa shape index (κ2) is 7.35. The first-order valence-corrected chi connectivity index (χ1v) is 10.00. The molecule has 1 aliphatic carbocycles. The SMILES string of the molecule is O=C1NCN([C@H]2CC[C@H](CNCC(F)(F)Br)CC2)c2c1cnc1[nH]ccc21. The third kappa shape index (κ3) is 3.94. The van der Waals surface area contributed by atoms with Crippen LogP contribution in [0.25, 0.3) is 11.0 Å². The molecule has 4 rings (SSSR count). The smallest absolute Gasteiger partial charge is 0.313 e. The predicted molar refractivity (Wildman–Crippen MR) is 103 cm³/mol. The molecule has 146 valence electrons. The number of amides is 1. The van der Waals surface area contributed by atoms with Crippen LogP contribution in [0.4, 0.5) is 14.5 Å². The number of pyridine rings is 1. The summed E-state index contributed by atoms with van der Waals surface area (Å²) in [6.45, 7) is 0.740. The molecule has 0 atom stereocenters. The summed E-state index contributed by atoms with van der Waals surface area (Å²) >= 11 is 2.36. The van der Waals surface area contributed by atoms with Crippen molar-refractivity contribution in [1.29, 1.82) is 0 Å². The first-order valence-electron chi connectivity index (χ1n) is 9.21. The Morgan fingerprint density at radius 1 is 1.33 bits per heavy atom. The molecular weight excluding hydrogens is 420 g/mol. The zero-order chi connectivity index (χ0) is 19.0. The number of carbonyl (C=O) groups is 1. The quantitative estimate of drug-likeness (QED) is 0.622. The van der Waals surface area contributed by atoms with Gasteiger partial charge in [-0.1, -0.05) is 0 Å². The van der Waals surface area contributed by atoms with E-state index in [-0.39, 0.29) is 12.5 Å². The number of halogens is 3. The van der Waals surface area contributed by atoms with Crippen molar-refractivity contribution in [2.75, 3.05) is 24.7 Å². The highest BCUT2D eigenvalue weighted by atomic mass is 79.9. The average molecular weight is 442 g/mol. The van der Waals surface area contributed by atoms with Gasteiger partial charge in [0, 0.05) is 23.8 Å². The molecule has 27 heavy (non-hydrogen) atoms. The van der Waals surface area contributed by atoms with Crippen LogP contribution in [0.15, 0.2) is 18.5 Å². The molecular formula is C18H22BrF2N5O. The lowest BCUT2D eigenvalue weighted by Crippen LogP contribution is -2.50. The Bertz CT molecular complexity index is 829. The Morgan fingerprint density at radius 2 is 2.11 bits per heavy atom. The van der Waals surface area contributed by atoms with Crippen molar-refractivity contribution in [3.05, 3.63) is 24.0 Å². The summed E-state index contributed by atoms with van der Waals surface area (Å²) in [5.74, 6) is 0.310. The van der Waals surface area contributed by atoms with Gasteiger partial charge in [-0.2, -0.15) is 8.78 Å². The van der Waals surface area contributed by atoms with Crippen LogP contribution in [0, 0.1) is 5.92 Å². The van der Waals surface area contributed by atoms with E-state index in [9.17, 15) is 13.6 Å². The third-order valence-corrected chi connectivity index (χ3v) is 5.80. The molecule has 0 bridgehead atoms. The van der Waals surface area contributed by atoms with E-state index in [2.05, 4.69) is 41.4 Å². The lowest BCUT2D eigenvalue weighted by Gasteiger charge is -2.41. The number of carbonyl (C=O) groups excluding carboxylic acids is 1. The molecule has 1 amide bonds. The van der Waals surface area contributed by atoms with Gasteiger partial charge in [-0.05, 0) is 60.1 Å². The Kier molecular flexibility index (Phi) is 5.07. The highest BCUT2D eigenvalue weighted by molar-refractivity contribution is 9.10. The van der Waals surface area contributed by atoms with Crippen molar-refractivity contribution in [3.63, 3.8) is 0 Å². The van der Waals surface area contributed by atoms with Crippen molar-refractivity contribution >= 4 is 38.6 Å². The molecule has 3 heterocycles. The fourth-order valence-electron chi connectivity index (χ4n) is 4.19. The number of aromatic amines is 1. The van der Waals surface area contributed by atoms with Crippen molar-refractivity contribution in [1.82, 2.24) is 20.6 Å². The molecule has 2 aromatic rings. The van der Waals surface area contributed by atoms with E-state index >= 15 is 0 Å². The van der Waals surface area contributed by atoms with Gasteiger partial charge >= 0.3 is 4.83 Å². The van der Waals surface area contributed by atoms with Crippen LogP contribution < -0.4 is 15.5 Å². The normalized spacial score (nSPS) is 23.4. The van der Waals surface area contributed by atoms with Crippen molar-refractivity contribution in [2.45, 2.75) is 36.6 Å². The average Bonchev–Trinajstić information content (AvgIpc) is 3.11. The summed E-state index contributed by atoms with van der Waals surface area (Å²) in [4.78, 5) is 19.1. The van der Waals surface area contributed by atoms with Gasteiger partial charge in [-0.25, -0.2) is 4.98 Å². The number of hydrogen-bond donors (Lipinski definition) is 3. The van der Waals surface area contributed by atoms with Gasteiger partial charge < -0.3 is 20.5 Å². The fourth-order valence-corrected chi connectivity index (χ4v) is 4.39. The molecule has 2 aliphatic rings. The zero-order valence-electron chi connectivity index (χ0n) is 14.8. The van der Waals surface area contributed by atoms with Crippen LogP contribution in [-0.4, -0.2) is 46.5 Å². The molecule has 2 aromatic heterocycles. The minimum Gasteiger partial charge on any atom is -0.350 e. The summed E-state index contributed by atoms with van der Waals surface area (Å²) in [5, 5.41) is 6.76. The number of alkyl halides is 3. The summed E-state index contributed by atoms with van der Waals surface area (Å²) < 4.78 is 25.7. The minimum atomic E-state index is -2.85. The number of aromatic nitrogens is 2. The highest BCUT2D eigenvalue weighted by Gasteiger charge is 2.33. The molecule has 3 N–H and O–H groups in total. The van der Waals surface area contributed by atoms with Gasteiger partial charge in [0.25, 0.3) is 5.91 Å². The molecule has 1 fully saturated rings. The molecule has 1 aliphatic heterocycles. The second-order valence-corrected chi connectivity index (χ2v) is 8.48. The second-order valence-electron chi connectivity index (χ2n) is 7.31. The summed E-state index contributed by atoms with van der Waals surface area (Å²) in [7, 11) is 0. The van der Waals surface area contributed by atoms with E-state index in [4.69, 9.17) is 0 Å². The topological polar surface area (TPSA) is 73.1 Å². The number of fused-ring (bicyclic) bond motifs is 3. The molecule has 6 nitrogen and oxygen atoms in total. The predicted octanol–water partition coefficient (Wildman–Crippen LogP) is 3.21. The third-order valence-electron chi connectivity index (χ3n) is 5.52. The lowest BCUT2D eigenvalue weighted by molar-refractivity contribution is 0.0943. The number of H-pyrrole nitrogens is 1. The van der Waals surface area contributed by atoms with E-state index in [0.29, 0.717) is 30.7 Å². The largest absolute Gasteiger partial charge is 0.350 e. The minimum absolute atomic E-state index is 0.0922. The number of nitrogens with zero attached hydrogens (tertiary/aromatic N) is 2. The van der Waals surface area contributed by atoms with Gasteiger partial charge in [0.2, 0.25) is 0 Å². The standard InChI is InChI=1S/C18H22BrF2N5O/c19-18(20,21)9-22-7-11-1-3-12(4-2-11)26-10-25-17(27)14-8-24-16-13(15(14)26)5-6-23-16/h5-6,8,11-12,22H,1-4,7,9-10H2,(H,23,24)(H,25,27)/t11-,12-. The molecule has 0 saturated heterocycles. The fraction of sp³-hybridized carbons (Fsp3) is 0.556. The van der Waals surface area contributed by atoms with E-state index in [1.807, 2.05) is 12.3 Å². The maximum absolute atomic E-state index is 12.9. The number of rotatable bonds is 5.